The molecule has 1 nitrogen and oxygen atoms in total. The normalized spacial score (nSPS) is 12.3. The van der Waals surface area contributed by atoms with Crippen LogP contribution in [0, 0.1) is 12.9 Å². The number of aryl methyl sites for hydroxylation is 1. The van der Waals surface area contributed by atoms with Gasteiger partial charge in [-0.15, -0.1) is 0 Å². The predicted octanol–water partition coefficient (Wildman–Crippen LogP) is 3.49. The quantitative estimate of drug-likeness (QED) is 0.530. The Balaban J connectivity index is 3.53. The molecule has 0 aromatic carbocycles. The van der Waals surface area contributed by atoms with Crippen LogP contribution in [0.1, 0.15) is 23.1 Å². The van der Waals surface area contributed by atoms with Gasteiger partial charge in [0.1, 0.15) is 0 Å². The number of hydrogen-bond acceptors (Lipinski definition) is 1. The van der Waals surface area contributed by atoms with Gasteiger partial charge >= 0.3 is 6.18 Å². The van der Waals surface area contributed by atoms with Gasteiger partial charge in [-0.2, -0.15) is 17.6 Å². The summed E-state index contributed by atoms with van der Waals surface area (Å²) in [5.74, 6) is -1.79. The number of nitrogens with zero attached hydrogens (tertiary/aromatic N) is 1. The molecule has 0 N–H and O–H groups in total. The summed E-state index contributed by atoms with van der Waals surface area (Å²) in [6.07, 6.45) is -7.99. The van der Waals surface area contributed by atoms with Gasteiger partial charge in [-0.1, -0.05) is 0 Å². The number of pyridine rings is 1. The molecule has 0 saturated carbocycles. The van der Waals surface area contributed by atoms with Crippen molar-refractivity contribution in [2.75, 3.05) is 0 Å². The van der Waals surface area contributed by atoms with Gasteiger partial charge < -0.3 is 0 Å². The molecule has 0 aliphatic carbocycles. The van der Waals surface area contributed by atoms with Gasteiger partial charge in [-0.05, 0) is 12.5 Å². The van der Waals surface area contributed by atoms with Crippen LogP contribution in [-0.2, 0) is 6.18 Å². The highest BCUT2D eigenvalue weighted by atomic mass is 19.4. The van der Waals surface area contributed by atoms with Crippen molar-refractivity contribution in [2.24, 2.45) is 0 Å². The molecule has 1 aromatic heterocycles. The van der Waals surface area contributed by atoms with Crippen molar-refractivity contribution < 1.29 is 26.3 Å². The molecule has 0 aliphatic heterocycles. The zero-order valence-corrected chi connectivity index (χ0v) is 7.37. The Morgan fingerprint density at radius 1 is 1.27 bits per heavy atom. The lowest BCUT2D eigenvalue weighted by Crippen LogP contribution is -2.14. The molecule has 0 fully saturated rings. The van der Waals surface area contributed by atoms with Gasteiger partial charge in [-0.25, -0.2) is 13.8 Å². The van der Waals surface area contributed by atoms with Crippen LogP contribution in [0.3, 0.4) is 0 Å². The molecule has 0 amide bonds. The van der Waals surface area contributed by atoms with Crippen LogP contribution < -0.4 is 0 Å². The Morgan fingerprint density at radius 2 is 1.80 bits per heavy atom. The van der Waals surface area contributed by atoms with Crippen molar-refractivity contribution >= 4 is 0 Å². The van der Waals surface area contributed by atoms with E-state index in [-0.39, 0.29) is 0 Å². The average Bonchev–Trinajstić information content (AvgIpc) is 2.05. The summed E-state index contributed by atoms with van der Waals surface area (Å²) >= 11 is 0. The van der Waals surface area contributed by atoms with E-state index in [1.54, 1.807) is 0 Å². The zero-order valence-electron chi connectivity index (χ0n) is 7.37. The molecule has 7 heteroatoms. The maximum atomic E-state index is 12.7. The fourth-order valence-corrected chi connectivity index (χ4v) is 1.18. The first-order valence-corrected chi connectivity index (χ1v) is 3.75. The van der Waals surface area contributed by atoms with Gasteiger partial charge in [0.15, 0.2) is 0 Å². The van der Waals surface area contributed by atoms with E-state index in [4.69, 9.17) is 0 Å². The summed E-state index contributed by atoms with van der Waals surface area (Å²) in [4.78, 5) is 2.83. The first-order chi connectivity index (χ1) is 6.75. The second kappa shape index (κ2) is 3.71. The lowest BCUT2D eigenvalue weighted by Gasteiger charge is -2.14. The average molecular weight is 229 g/mol. The minimum Gasteiger partial charge on any atom is -0.228 e. The molecule has 0 radical (unpaired) electrons. The van der Waals surface area contributed by atoms with E-state index in [1.807, 2.05) is 0 Å². The number of hydrogen-bond donors (Lipinski definition) is 0. The molecule has 84 valence electrons. The summed E-state index contributed by atoms with van der Waals surface area (Å²) < 4.78 is 74.1. The molecule has 0 spiro atoms. The summed E-state index contributed by atoms with van der Waals surface area (Å²) in [7, 11) is 0. The number of rotatable bonds is 1. The van der Waals surface area contributed by atoms with E-state index < -0.39 is 35.2 Å². The maximum absolute atomic E-state index is 12.7. The Hall–Kier alpha value is -1.27. The molecule has 1 rings (SSSR count). The molecule has 0 saturated heterocycles. The van der Waals surface area contributed by atoms with E-state index in [0.717, 1.165) is 6.92 Å². The van der Waals surface area contributed by atoms with Gasteiger partial charge in [-0.3, -0.25) is 0 Å². The summed E-state index contributed by atoms with van der Waals surface area (Å²) in [5.41, 5.74) is -3.87. The fraction of sp³-hybridized carbons (Fsp3) is 0.375. The van der Waals surface area contributed by atoms with Crippen molar-refractivity contribution in [3.8, 4) is 0 Å². The van der Waals surface area contributed by atoms with Gasteiger partial charge in [0.2, 0.25) is 5.95 Å². The van der Waals surface area contributed by atoms with Gasteiger partial charge in [0.05, 0.1) is 11.1 Å². The first-order valence-electron chi connectivity index (χ1n) is 3.75. The summed E-state index contributed by atoms with van der Waals surface area (Å²) in [6.45, 7) is 0.946. The van der Waals surface area contributed by atoms with E-state index in [1.165, 1.54) is 0 Å². The fourth-order valence-electron chi connectivity index (χ4n) is 1.18. The van der Waals surface area contributed by atoms with Gasteiger partial charge in [0, 0.05) is 6.20 Å². The number of aromatic nitrogens is 1. The minimum atomic E-state index is -5.01. The Morgan fingerprint density at radius 3 is 2.13 bits per heavy atom. The summed E-state index contributed by atoms with van der Waals surface area (Å²) in [5, 5.41) is 0. The maximum Gasteiger partial charge on any atom is 0.417 e. The Kier molecular flexibility index (Phi) is 2.92. The van der Waals surface area contributed by atoms with Crippen molar-refractivity contribution in [2.45, 2.75) is 19.5 Å². The first kappa shape index (κ1) is 11.8. The molecule has 1 aromatic rings. The van der Waals surface area contributed by atoms with Crippen molar-refractivity contribution in [3.63, 3.8) is 0 Å². The van der Waals surface area contributed by atoms with E-state index in [0.29, 0.717) is 6.20 Å². The molecule has 0 atom stereocenters. The van der Waals surface area contributed by atoms with Crippen LogP contribution in [0.4, 0.5) is 26.3 Å². The number of alkyl halides is 5. The lowest BCUT2D eigenvalue weighted by molar-refractivity contribution is -0.140. The molecule has 15 heavy (non-hydrogen) atoms. The highest BCUT2D eigenvalue weighted by molar-refractivity contribution is 5.35. The minimum absolute atomic E-state index is 0.529. The van der Waals surface area contributed by atoms with Crippen molar-refractivity contribution in [3.05, 3.63) is 28.8 Å². The molecule has 0 unspecified atom stereocenters. The third-order valence-electron chi connectivity index (χ3n) is 1.76. The Labute approximate surface area is 80.7 Å². The highest BCUT2D eigenvalue weighted by Crippen LogP contribution is 2.38. The van der Waals surface area contributed by atoms with Gasteiger partial charge in [0.25, 0.3) is 6.43 Å². The molecular formula is C8H5F6N. The largest absolute Gasteiger partial charge is 0.417 e. The van der Waals surface area contributed by atoms with E-state index in [9.17, 15) is 26.3 Å². The molecule has 0 aliphatic rings. The standard InChI is InChI=1S/C8H5F6N/c1-3-2-15-7(11)4(6(9)10)5(3)8(12,13)14/h2,6H,1H3. The van der Waals surface area contributed by atoms with Crippen LogP contribution in [0.2, 0.25) is 0 Å². The lowest BCUT2D eigenvalue weighted by atomic mass is 10.1. The zero-order chi connectivity index (χ0) is 11.8. The van der Waals surface area contributed by atoms with Crippen LogP contribution in [0.5, 0.6) is 0 Å². The van der Waals surface area contributed by atoms with Crippen LogP contribution in [0.25, 0.3) is 0 Å². The van der Waals surface area contributed by atoms with Crippen LogP contribution in [0.15, 0.2) is 6.20 Å². The van der Waals surface area contributed by atoms with Crippen LogP contribution >= 0.6 is 0 Å². The molecule has 0 bridgehead atoms. The number of halogens is 6. The Bertz CT molecular complexity index is 370. The third-order valence-corrected chi connectivity index (χ3v) is 1.76. The topological polar surface area (TPSA) is 12.9 Å². The van der Waals surface area contributed by atoms with Crippen molar-refractivity contribution in [1.82, 2.24) is 4.98 Å². The van der Waals surface area contributed by atoms with E-state index >= 15 is 0 Å². The van der Waals surface area contributed by atoms with Crippen molar-refractivity contribution in [1.29, 1.82) is 0 Å². The highest BCUT2D eigenvalue weighted by Gasteiger charge is 2.39. The predicted molar refractivity (Wildman–Crippen MR) is 38.9 cm³/mol. The molecule has 1 heterocycles. The third kappa shape index (κ3) is 2.21. The molecular weight excluding hydrogens is 224 g/mol. The monoisotopic (exact) mass is 229 g/mol. The SMILES string of the molecule is Cc1cnc(F)c(C(F)F)c1C(F)(F)F. The second-order valence-electron chi connectivity index (χ2n) is 2.82. The van der Waals surface area contributed by atoms with E-state index in [2.05, 4.69) is 4.98 Å². The van der Waals surface area contributed by atoms with Crippen LogP contribution in [-0.4, -0.2) is 4.98 Å². The summed E-state index contributed by atoms with van der Waals surface area (Å²) in [6, 6.07) is 0. The second-order valence-corrected chi connectivity index (χ2v) is 2.82. The smallest absolute Gasteiger partial charge is 0.228 e.